The molecular formula is C28H28N4O6. The molecule has 196 valence electrons. The van der Waals surface area contributed by atoms with Gasteiger partial charge in [0.25, 0.3) is 11.5 Å². The van der Waals surface area contributed by atoms with Crippen molar-refractivity contribution in [2.75, 3.05) is 19.8 Å². The van der Waals surface area contributed by atoms with Gasteiger partial charge in [-0.2, -0.15) is 4.99 Å². The van der Waals surface area contributed by atoms with Crippen molar-refractivity contribution in [3.8, 4) is 5.75 Å². The summed E-state index contributed by atoms with van der Waals surface area (Å²) in [5, 5.41) is 0.216. The highest BCUT2D eigenvalue weighted by molar-refractivity contribution is 5.93. The zero-order valence-electron chi connectivity index (χ0n) is 21.0. The molecule has 4 heterocycles. The fourth-order valence-electron chi connectivity index (χ4n) is 4.47. The van der Waals surface area contributed by atoms with Crippen LogP contribution in [0.2, 0.25) is 0 Å². The molecule has 1 fully saturated rings. The molecule has 0 radical (unpaired) electrons. The summed E-state index contributed by atoms with van der Waals surface area (Å²) >= 11 is 0. The summed E-state index contributed by atoms with van der Waals surface area (Å²) in [5.74, 6) is -0.521. The minimum absolute atomic E-state index is 0.0110. The number of para-hydroxylation sites is 1. The second-order valence-electron chi connectivity index (χ2n) is 8.85. The SMILES string of the molecule is CCOC(=O)c1cc2c(=O)n3ccccc3nc2n(C[C@@H]2CCCO2)c1=NC(=O)CCOc1ccccc1. The van der Waals surface area contributed by atoms with Gasteiger partial charge in [0.05, 0.1) is 37.7 Å². The van der Waals surface area contributed by atoms with Gasteiger partial charge in [-0.3, -0.25) is 14.0 Å². The molecule has 1 aliphatic rings. The van der Waals surface area contributed by atoms with Gasteiger partial charge in [-0.25, -0.2) is 9.78 Å². The Hall–Kier alpha value is -4.31. The third kappa shape index (κ3) is 5.35. The molecule has 0 bridgehead atoms. The van der Waals surface area contributed by atoms with Crippen LogP contribution in [0, 0.1) is 0 Å². The molecule has 10 nitrogen and oxygen atoms in total. The van der Waals surface area contributed by atoms with Crippen LogP contribution in [0.25, 0.3) is 16.7 Å². The lowest BCUT2D eigenvalue weighted by Gasteiger charge is -2.18. The number of carbonyl (C=O) groups is 2. The summed E-state index contributed by atoms with van der Waals surface area (Å²) in [4.78, 5) is 48.6. The number of hydrogen-bond donors (Lipinski definition) is 0. The first-order chi connectivity index (χ1) is 18.5. The highest BCUT2D eigenvalue weighted by Gasteiger charge is 2.23. The van der Waals surface area contributed by atoms with Crippen molar-refractivity contribution < 1.29 is 23.8 Å². The maximum absolute atomic E-state index is 13.4. The van der Waals surface area contributed by atoms with Gasteiger partial charge in [-0.05, 0) is 50.1 Å². The minimum atomic E-state index is -0.680. The van der Waals surface area contributed by atoms with Crippen LogP contribution < -0.4 is 15.8 Å². The smallest absolute Gasteiger partial charge is 0.341 e. The Morgan fingerprint density at radius 3 is 2.74 bits per heavy atom. The van der Waals surface area contributed by atoms with Gasteiger partial charge in [0.1, 0.15) is 22.6 Å². The first-order valence-electron chi connectivity index (χ1n) is 12.6. The summed E-state index contributed by atoms with van der Waals surface area (Å²) in [7, 11) is 0. The molecule has 0 spiro atoms. The summed E-state index contributed by atoms with van der Waals surface area (Å²) in [5.41, 5.74) is 0.513. The lowest BCUT2D eigenvalue weighted by molar-refractivity contribution is -0.118. The van der Waals surface area contributed by atoms with E-state index in [9.17, 15) is 14.4 Å². The molecule has 0 N–H and O–H groups in total. The van der Waals surface area contributed by atoms with Gasteiger partial charge in [0.2, 0.25) is 0 Å². The summed E-state index contributed by atoms with van der Waals surface area (Å²) in [6.45, 7) is 2.81. The Kier molecular flexibility index (Phi) is 7.60. The third-order valence-corrected chi connectivity index (χ3v) is 6.25. The lowest BCUT2D eigenvalue weighted by Crippen LogP contribution is -2.35. The van der Waals surface area contributed by atoms with Crippen molar-refractivity contribution in [2.45, 2.75) is 38.8 Å². The van der Waals surface area contributed by atoms with E-state index < -0.39 is 11.9 Å². The molecule has 38 heavy (non-hydrogen) atoms. The Labute approximate surface area is 218 Å². The number of amides is 1. The average Bonchev–Trinajstić information content (AvgIpc) is 3.44. The molecule has 0 saturated carbocycles. The molecular weight excluding hydrogens is 488 g/mol. The van der Waals surface area contributed by atoms with Gasteiger partial charge in [-0.1, -0.05) is 24.3 Å². The molecule has 0 unspecified atom stereocenters. The van der Waals surface area contributed by atoms with E-state index in [1.807, 2.05) is 18.2 Å². The van der Waals surface area contributed by atoms with Gasteiger partial charge < -0.3 is 18.8 Å². The third-order valence-electron chi connectivity index (χ3n) is 6.25. The van der Waals surface area contributed by atoms with Gasteiger partial charge in [0, 0.05) is 12.8 Å². The van der Waals surface area contributed by atoms with Crippen molar-refractivity contribution in [3.63, 3.8) is 0 Å². The van der Waals surface area contributed by atoms with Gasteiger partial charge in [0.15, 0.2) is 5.49 Å². The van der Waals surface area contributed by atoms with E-state index in [2.05, 4.69) is 4.99 Å². The number of pyridine rings is 2. The van der Waals surface area contributed by atoms with Gasteiger partial charge in [-0.15, -0.1) is 0 Å². The van der Waals surface area contributed by atoms with Crippen molar-refractivity contribution in [1.29, 1.82) is 0 Å². The van der Waals surface area contributed by atoms with E-state index in [1.54, 1.807) is 48.0 Å². The van der Waals surface area contributed by atoms with Crippen LogP contribution in [0.3, 0.4) is 0 Å². The lowest BCUT2D eigenvalue weighted by atomic mass is 10.2. The molecule has 1 saturated heterocycles. The predicted octanol–water partition coefficient (Wildman–Crippen LogP) is 2.90. The van der Waals surface area contributed by atoms with E-state index >= 15 is 0 Å². The normalized spacial score (nSPS) is 15.7. The molecule has 1 aliphatic heterocycles. The molecule has 1 aromatic carbocycles. The quantitative estimate of drug-likeness (QED) is 0.261. The maximum Gasteiger partial charge on any atom is 0.341 e. The second-order valence-corrected chi connectivity index (χ2v) is 8.85. The van der Waals surface area contributed by atoms with Gasteiger partial charge >= 0.3 is 5.97 Å². The van der Waals surface area contributed by atoms with E-state index in [1.165, 1.54) is 10.5 Å². The number of esters is 1. The highest BCUT2D eigenvalue weighted by atomic mass is 16.5. The minimum Gasteiger partial charge on any atom is -0.493 e. The van der Waals surface area contributed by atoms with Crippen molar-refractivity contribution in [2.24, 2.45) is 4.99 Å². The summed E-state index contributed by atoms with van der Waals surface area (Å²) in [6, 6.07) is 15.8. The maximum atomic E-state index is 13.4. The van der Waals surface area contributed by atoms with Crippen LogP contribution in [0.5, 0.6) is 5.75 Å². The largest absolute Gasteiger partial charge is 0.493 e. The van der Waals surface area contributed by atoms with Crippen molar-refractivity contribution in [1.82, 2.24) is 14.0 Å². The fraction of sp³-hybridized carbons (Fsp3) is 0.321. The van der Waals surface area contributed by atoms with Crippen LogP contribution in [-0.2, 0) is 20.8 Å². The Balaban J connectivity index is 1.65. The molecule has 4 aromatic rings. The zero-order valence-corrected chi connectivity index (χ0v) is 21.0. The molecule has 10 heteroatoms. The van der Waals surface area contributed by atoms with Crippen molar-refractivity contribution in [3.05, 3.63) is 82.2 Å². The zero-order chi connectivity index (χ0) is 26.5. The molecule has 0 aliphatic carbocycles. The summed E-state index contributed by atoms with van der Waals surface area (Å²) < 4.78 is 19.8. The number of carbonyl (C=O) groups excluding carboxylic acids is 2. The number of ether oxygens (including phenoxy) is 3. The van der Waals surface area contributed by atoms with E-state index in [-0.39, 0.29) is 54.3 Å². The van der Waals surface area contributed by atoms with Crippen LogP contribution in [0.4, 0.5) is 0 Å². The molecule has 5 rings (SSSR count). The van der Waals surface area contributed by atoms with Crippen LogP contribution >= 0.6 is 0 Å². The fourth-order valence-corrected chi connectivity index (χ4v) is 4.47. The molecule has 1 amide bonds. The monoisotopic (exact) mass is 516 g/mol. The number of fused-ring (bicyclic) bond motifs is 2. The van der Waals surface area contributed by atoms with Crippen LogP contribution in [-0.4, -0.2) is 51.8 Å². The first-order valence-corrected chi connectivity index (χ1v) is 12.6. The van der Waals surface area contributed by atoms with E-state index in [0.717, 1.165) is 12.8 Å². The Bertz CT molecular complexity index is 1600. The standard InChI is InChI=1S/C28H28N4O6/c1-2-36-28(35)22-17-21-25(29-23-12-6-7-14-31(23)27(21)34)32(18-20-11-8-15-37-20)26(22)30-24(33)13-16-38-19-9-4-3-5-10-19/h3-7,9-10,12,14,17,20H,2,8,11,13,15-16,18H2,1H3/t20-/m0/s1. The Morgan fingerprint density at radius 1 is 1.16 bits per heavy atom. The number of hydrogen-bond acceptors (Lipinski definition) is 7. The number of aromatic nitrogens is 3. The molecule has 1 atom stereocenters. The van der Waals surface area contributed by atoms with Crippen LogP contribution in [0.1, 0.15) is 36.5 Å². The van der Waals surface area contributed by atoms with E-state index in [0.29, 0.717) is 23.7 Å². The average molecular weight is 517 g/mol. The topological polar surface area (TPSA) is 113 Å². The van der Waals surface area contributed by atoms with Crippen molar-refractivity contribution >= 4 is 28.6 Å². The van der Waals surface area contributed by atoms with E-state index in [4.69, 9.17) is 19.2 Å². The predicted molar refractivity (Wildman–Crippen MR) is 139 cm³/mol. The molecule has 3 aromatic heterocycles. The number of nitrogens with zero attached hydrogens (tertiary/aromatic N) is 4. The van der Waals surface area contributed by atoms with Crippen LogP contribution in [0.15, 0.2) is 70.6 Å². The second kappa shape index (κ2) is 11.4. The highest BCUT2D eigenvalue weighted by Crippen LogP contribution is 2.17. The number of benzene rings is 1. The number of rotatable bonds is 8. The Morgan fingerprint density at radius 2 is 1.97 bits per heavy atom. The first kappa shape index (κ1) is 25.3. The summed E-state index contributed by atoms with van der Waals surface area (Å²) in [6.07, 6.45) is 3.11.